The second-order valence-corrected chi connectivity index (χ2v) is 7.71. The molecule has 118 valence electrons. The zero-order chi connectivity index (χ0) is 15.1. The average molecular weight is 315 g/mol. The molecule has 1 aromatic heterocycles. The van der Waals surface area contributed by atoms with E-state index >= 15 is 0 Å². The quantitative estimate of drug-likeness (QED) is 0.822. The SMILES string of the molecule is CN(C1CCC2(CC1)OCCO2)S(=O)(=O)c1cnn(C)c1. The Morgan fingerprint density at radius 3 is 2.48 bits per heavy atom. The van der Waals surface area contributed by atoms with E-state index in [0.29, 0.717) is 13.2 Å². The number of hydrogen-bond acceptors (Lipinski definition) is 5. The van der Waals surface area contributed by atoms with Crippen LogP contribution in [0.4, 0.5) is 0 Å². The summed E-state index contributed by atoms with van der Waals surface area (Å²) < 4.78 is 39.5. The van der Waals surface area contributed by atoms with Crippen molar-refractivity contribution < 1.29 is 17.9 Å². The maximum Gasteiger partial charge on any atom is 0.246 e. The van der Waals surface area contributed by atoms with E-state index in [-0.39, 0.29) is 10.9 Å². The second-order valence-electron chi connectivity index (χ2n) is 5.71. The lowest BCUT2D eigenvalue weighted by Gasteiger charge is -2.38. The molecule has 0 radical (unpaired) electrons. The van der Waals surface area contributed by atoms with Gasteiger partial charge < -0.3 is 9.47 Å². The Hall–Kier alpha value is -0.960. The fourth-order valence-electron chi connectivity index (χ4n) is 3.09. The van der Waals surface area contributed by atoms with E-state index in [9.17, 15) is 8.42 Å². The molecule has 2 heterocycles. The van der Waals surface area contributed by atoms with Crippen molar-refractivity contribution in [2.75, 3.05) is 20.3 Å². The first kappa shape index (κ1) is 15.0. The summed E-state index contributed by atoms with van der Waals surface area (Å²) in [6.45, 7) is 1.27. The van der Waals surface area contributed by atoms with Crippen LogP contribution in [0, 0.1) is 0 Å². The third kappa shape index (κ3) is 2.73. The summed E-state index contributed by atoms with van der Waals surface area (Å²) in [5.74, 6) is -0.463. The van der Waals surface area contributed by atoms with Crippen LogP contribution in [0.5, 0.6) is 0 Å². The molecule has 0 aromatic carbocycles. The van der Waals surface area contributed by atoms with Crippen molar-refractivity contribution in [2.24, 2.45) is 7.05 Å². The van der Waals surface area contributed by atoms with E-state index in [2.05, 4.69) is 5.10 Å². The van der Waals surface area contributed by atoms with Gasteiger partial charge in [0.2, 0.25) is 10.0 Å². The van der Waals surface area contributed by atoms with Crippen LogP contribution < -0.4 is 0 Å². The van der Waals surface area contributed by atoms with Gasteiger partial charge in [-0.3, -0.25) is 4.68 Å². The Kier molecular flexibility index (Phi) is 3.81. The number of ether oxygens (including phenoxy) is 2. The van der Waals surface area contributed by atoms with Gasteiger partial charge in [0.15, 0.2) is 5.79 Å². The van der Waals surface area contributed by atoms with Crippen LogP contribution in [0.3, 0.4) is 0 Å². The van der Waals surface area contributed by atoms with E-state index in [1.165, 1.54) is 21.4 Å². The number of aryl methyl sites for hydroxylation is 1. The van der Waals surface area contributed by atoms with Crippen LogP contribution in [0.25, 0.3) is 0 Å². The Bertz CT molecular complexity index is 597. The number of sulfonamides is 1. The van der Waals surface area contributed by atoms with Crippen LogP contribution in [-0.4, -0.2) is 54.6 Å². The highest BCUT2D eigenvalue weighted by Gasteiger charge is 2.42. The van der Waals surface area contributed by atoms with Gasteiger partial charge in [0.1, 0.15) is 4.90 Å². The first-order valence-electron chi connectivity index (χ1n) is 7.18. The molecule has 7 nitrogen and oxygen atoms in total. The number of aromatic nitrogens is 2. The van der Waals surface area contributed by atoms with Crippen LogP contribution in [-0.2, 0) is 26.5 Å². The van der Waals surface area contributed by atoms with Crippen molar-refractivity contribution in [3.8, 4) is 0 Å². The Labute approximate surface area is 124 Å². The standard InChI is InChI=1S/C13H21N3O4S/c1-15-10-12(9-14-15)21(17,18)16(2)11-3-5-13(6-4-11)19-7-8-20-13/h9-11H,3-8H2,1-2H3. The molecule has 1 aliphatic heterocycles. The first-order chi connectivity index (χ1) is 9.93. The van der Waals surface area contributed by atoms with Crippen molar-refractivity contribution in [3.05, 3.63) is 12.4 Å². The molecular formula is C13H21N3O4S. The summed E-state index contributed by atoms with van der Waals surface area (Å²) in [4.78, 5) is 0.237. The van der Waals surface area contributed by atoms with Gasteiger partial charge in [-0.1, -0.05) is 0 Å². The maximum atomic E-state index is 12.6. The zero-order valence-corrected chi connectivity index (χ0v) is 13.2. The van der Waals surface area contributed by atoms with Crippen LogP contribution >= 0.6 is 0 Å². The maximum absolute atomic E-state index is 12.6. The van der Waals surface area contributed by atoms with Crippen molar-refractivity contribution in [2.45, 2.75) is 42.4 Å². The highest BCUT2D eigenvalue weighted by Crippen LogP contribution is 2.38. The van der Waals surface area contributed by atoms with Gasteiger partial charge >= 0.3 is 0 Å². The minimum atomic E-state index is -3.48. The van der Waals surface area contributed by atoms with Gasteiger partial charge in [-0.05, 0) is 12.8 Å². The molecule has 0 unspecified atom stereocenters. The zero-order valence-electron chi connectivity index (χ0n) is 12.4. The van der Waals surface area contributed by atoms with E-state index in [0.717, 1.165) is 25.7 Å². The van der Waals surface area contributed by atoms with Gasteiger partial charge in [-0.25, -0.2) is 8.42 Å². The lowest BCUT2D eigenvalue weighted by molar-refractivity contribution is -0.181. The van der Waals surface area contributed by atoms with Gasteiger partial charge in [-0.2, -0.15) is 9.40 Å². The van der Waals surface area contributed by atoms with E-state index < -0.39 is 15.8 Å². The highest BCUT2D eigenvalue weighted by atomic mass is 32.2. The normalized spacial score (nSPS) is 23.2. The molecular weight excluding hydrogens is 294 g/mol. The highest BCUT2D eigenvalue weighted by molar-refractivity contribution is 7.89. The molecule has 2 aliphatic rings. The average Bonchev–Trinajstić information content (AvgIpc) is 3.09. The minimum Gasteiger partial charge on any atom is -0.348 e. The molecule has 2 fully saturated rings. The van der Waals surface area contributed by atoms with Gasteiger partial charge in [0.25, 0.3) is 0 Å². The van der Waals surface area contributed by atoms with E-state index in [4.69, 9.17) is 9.47 Å². The summed E-state index contributed by atoms with van der Waals surface area (Å²) in [5.41, 5.74) is 0. The lowest BCUT2D eigenvalue weighted by atomic mass is 9.90. The fraction of sp³-hybridized carbons (Fsp3) is 0.769. The number of nitrogens with zero attached hydrogens (tertiary/aromatic N) is 3. The lowest BCUT2D eigenvalue weighted by Crippen LogP contribution is -2.44. The Morgan fingerprint density at radius 2 is 1.95 bits per heavy atom. The molecule has 1 aromatic rings. The molecule has 0 N–H and O–H groups in total. The molecule has 1 spiro atoms. The molecule has 0 amide bonds. The third-order valence-corrected chi connectivity index (χ3v) is 6.27. The summed E-state index contributed by atoms with van der Waals surface area (Å²) in [6, 6.07) is -0.0198. The van der Waals surface area contributed by atoms with Gasteiger partial charge in [0, 0.05) is 39.2 Å². The van der Waals surface area contributed by atoms with E-state index in [1.54, 1.807) is 14.1 Å². The van der Waals surface area contributed by atoms with Gasteiger partial charge in [-0.15, -0.1) is 0 Å². The molecule has 21 heavy (non-hydrogen) atoms. The predicted octanol–water partition coefficient (Wildman–Crippen LogP) is 0.726. The van der Waals surface area contributed by atoms with Crippen LogP contribution in [0.1, 0.15) is 25.7 Å². The van der Waals surface area contributed by atoms with Crippen molar-refractivity contribution >= 4 is 10.0 Å². The van der Waals surface area contributed by atoms with Crippen molar-refractivity contribution in [1.29, 1.82) is 0 Å². The molecule has 3 rings (SSSR count). The Morgan fingerprint density at radius 1 is 1.33 bits per heavy atom. The van der Waals surface area contributed by atoms with Crippen molar-refractivity contribution in [1.82, 2.24) is 14.1 Å². The van der Waals surface area contributed by atoms with Crippen LogP contribution in [0.15, 0.2) is 17.3 Å². The van der Waals surface area contributed by atoms with E-state index in [1.807, 2.05) is 0 Å². The molecule has 0 bridgehead atoms. The predicted molar refractivity (Wildman–Crippen MR) is 75.0 cm³/mol. The monoisotopic (exact) mass is 315 g/mol. The smallest absolute Gasteiger partial charge is 0.246 e. The molecule has 1 saturated carbocycles. The fourth-order valence-corrected chi connectivity index (χ4v) is 4.49. The summed E-state index contributed by atoms with van der Waals surface area (Å²) in [5, 5.41) is 3.94. The minimum absolute atomic E-state index is 0.0198. The van der Waals surface area contributed by atoms with Gasteiger partial charge in [0.05, 0.1) is 19.4 Å². The Balaban J connectivity index is 1.70. The summed E-state index contributed by atoms with van der Waals surface area (Å²) >= 11 is 0. The molecule has 0 atom stereocenters. The number of hydrogen-bond donors (Lipinski definition) is 0. The molecule has 1 aliphatic carbocycles. The summed E-state index contributed by atoms with van der Waals surface area (Å²) in [7, 11) is -0.138. The van der Waals surface area contributed by atoms with Crippen molar-refractivity contribution in [3.63, 3.8) is 0 Å². The third-order valence-electron chi connectivity index (χ3n) is 4.40. The first-order valence-corrected chi connectivity index (χ1v) is 8.62. The summed E-state index contributed by atoms with van der Waals surface area (Å²) in [6.07, 6.45) is 5.89. The molecule has 1 saturated heterocycles. The topological polar surface area (TPSA) is 73.7 Å². The largest absolute Gasteiger partial charge is 0.348 e. The number of rotatable bonds is 3. The second kappa shape index (κ2) is 5.35. The van der Waals surface area contributed by atoms with Crippen LogP contribution in [0.2, 0.25) is 0 Å². The molecule has 8 heteroatoms.